The number of aliphatic imine (C=N–C) groups is 1. The zero-order chi connectivity index (χ0) is 22.8. The smallest absolute Gasteiger partial charge is 0.337 e. The highest BCUT2D eigenvalue weighted by molar-refractivity contribution is 8.18. The molecule has 0 spiro atoms. The Hall–Kier alpha value is -4.18. The molecule has 1 aliphatic heterocycles. The van der Waals surface area contributed by atoms with Gasteiger partial charge in [0.25, 0.3) is 11.6 Å². The zero-order valence-corrected chi connectivity index (χ0v) is 17.4. The molecule has 160 valence electrons. The van der Waals surface area contributed by atoms with Crippen LogP contribution in [-0.4, -0.2) is 34.1 Å². The summed E-state index contributed by atoms with van der Waals surface area (Å²) < 4.78 is 5.74. The molecule has 0 fully saturated rings. The van der Waals surface area contributed by atoms with Gasteiger partial charge in [0, 0.05) is 30.8 Å². The van der Waals surface area contributed by atoms with Crippen LogP contribution in [-0.2, 0) is 4.79 Å². The van der Waals surface area contributed by atoms with Crippen molar-refractivity contribution < 1.29 is 24.0 Å². The monoisotopic (exact) mass is 449 g/mol. The van der Waals surface area contributed by atoms with Gasteiger partial charge < -0.3 is 14.4 Å². The minimum Gasteiger partial charge on any atom is -0.478 e. The number of carboxylic acids is 1. The maximum Gasteiger partial charge on any atom is 0.337 e. The molecule has 2 aromatic carbocycles. The van der Waals surface area contributed by atoms with Gasteiger partial charge in [0.2, 0.25) is 0 Å². The van der Waals surface area contributed by atoms with Gasteiger partial charge in [-0.3, -0.25) is 14.9 Å². The third-order valence-electron chi connectivity index (χ3n) is 4.63. The number of carboxylic acid groups (broad SMARTS) is 1. The zero-order valence-electron chi connectivity index (χ0n) is 16.6. The number of amides is 1. The maximum atomic E-state index is 12.4. The number of furan rings is 1. The number of hydrogen-bond acceptors (Lipinski definition) is 7. The van der Waals surface area contributed by atoms with E-state index in [1.807, 2.05) is 0 Å². The molecule has 3 aromatic rings. The molecule has 1 aliphatic rings. The molecule has 0 unspecified atom stereocenters. The minimum absolute atomic E-state index is 0.0527. The van der Waals surface area contributed by atoms with Crippen LogP contribution in [0, 0.1) is 10.1 Å². The van der Waals surface area contributed by atoms with Crippen molar-refractivity contribution in [3.63, 3.8) is 0 Å². The Morgan fingerprint density at radius 2 is 1.97 bits per heavy atom. The lowest BCUT2D eigenvalue weighted by Gasteiger charge is -2.19. The number of rotatable bonds is 5. The number of amidine groups is 1. The summed E-state index contributed by atoms with van der Waals surface area (Å²) in [6.07, 6.45) is 1.53. The number of anilines is 1. The Morgan fingerprint density at radius 1 is 1.19 bits per heavy atom. The van der Waals surface area contributed by atoms with E-state index in [0.29, 0.717) is 32.8 Å². The van der Waals surface area contributed by atoms with E-state index in [1.165, 1.54) is 24.3 Å². The number of nitro groups is 1. The molecule has 4 rings (SSSR count). The summed E-state index contributed by atoms with van der Waals surface area (Å²) in [4.78, 5) is 40.3. The summed E-state index contributed by atoms with van der Waals surface area (Å²) in [5, 5.41) is 20.7. The van der Waals surface area contributed by atoms with E-state index in [2.05, 4.69) is 4.99 Å². The average molecular weight is 449 g/mol. The van der Waals surface area contributed by atoms with Crippen LogP contribution in [0.5, 0.6) is 0 Å². The Labute approximate surface area is 185 Å². The van der Waals surface area contributed by atoms with Gasteiger partial charge in [-0.05, 0) is 36.0 Å². The number of aromatic carboxylic acids is 1. The van der Waals surface area contributed by atoms with Crippen LogP contribution in [0.2, 0.25) is 0 Å². The molecule has 10 heteroatoms. The molecule has 0 aliphatic carbocycles. The number of hydrogen-bond donors (Lipinski definition) is 1. The van der Waals surface area contributed by atoms with Gasteiger partial charge in [0.15, 0.2) is 5.17 Å². The van der Waals surface area contributed by atoms with Crippen molar-refractivity contribution in [1.82, 2.24) is 0 Å². The summed E-state index contributed by atoms with van der Waals surface area (Å²) >= 11 is 1.09. The summed E-state index contributed by atoms with van der Waals surface area (Å²) in [6, 6.07) is 15.8. The third-order valence-corrected chi connectivity index (χ3v) is 5.69. The third kappa shape index (κ3) is 4.16. The highest BCUT2D eigenvalue weighted by Gasteiger charge is 2.27. The van der Waals surface area contributed by atoms with Crippen molar-refractivity contribution in [3.8, 4) is 11.3 Å². The van der Waals surface area contributed by atoms with Gasteiger partial charge in [-0.15, -0.1) is 0 Å². The van der Waals surface area contributed by atoms with Crippen molar-refractivity contribution in [2.24, 2.45) is 4.99 Å². The van der Waals surface area contributed by atoms with E-state index in [1.54, 1.807) is 54.4 Å². The topological polar surface area (TPSA) is 126 Å². The van der Waals surface area contributed by atoms with Gasteiger partial charge in [-0.2, -0.15) is 4.99 Å². The van der Waals surface area contributed by atoms with E-state index in [0.717, 1.165) is 11.8 Å². The largest absolute Gasteiger partial charge is 0.478 e. The molecular weight excluding hydrogens is 434 g/mol. The van der Waals surface area contributed by atoms with Crippen molar-refractivity contribution >= 4 is 46.3 Å². The number of nitrogens with zero attached hydrogens (tertiary/aromatic N) is 3. The van der Waals surface area contributed by atoms with Gasteiger partial charge in [0.05, 0.1) is 21.1 Å². The number of non-ortho nitro benzene ring substituents is 1. The van der Waals surface area contributed by atoms with E-state index in [-0.39, 0.29) is 11.3 Å². The molecule has 0 bridgehead atoms. The summed E-state index contributed by atoms with van der Waals surface area (Å²) in [5.41, 5.74) is 0.987. The fourth-order valence-corrected chi connectivity index (χ4v) is 3.95. The molecular formula is C22H15N3O6S. The molecule has 0 radical (unpaired) electrons. The van der Waals surface area contributed by atoms with E-state index >= 15 is 0 Å². The quantitative estimate of drug-likeness (QED) is 0.339. The minimum atomic E-state index is -1.08. The SMILES string of the molecule is CN(C1=NC(=O)/C(=C\c2ccc(-c3cccc([N+](=O)[O-])c3)o2)S1)c1ccccc1C(=O)O. The van der Waals surface area contributed by atoms with Crippen molar-refractivity contribution in [3.05, 3.63) is 87.0 Å². The van der Waals surface area contributed by atoms with Crippen molar-refractivity contribution in [1.29, 1.82) is 0 Å². The number of carbonyl (C=O) groups is 2. The van der Waals surface area contributed by atoms with Crippen molar-refractivity contribution in [2.45, 2.75) is 0 Å². The first kappa shape index (κ1) is 21.1. The second-order valence-corrected chi connectivity index (χ2v) is 7.71. The average Bonchev–Trinajstić information content (AvgIpc) is 3.40. The molecule has 0 saturated heterocycles. The first-order valence-electron chi connectivity index (χ1n) is 9.27. The fourth-order valence-electron chi connectivity index (χ4n) is 3.08. The van der Waals surface area contributed by atoms with Crippen LogP contribution < -0.4 is 4.90 Å². The second-order valence-electron chi connectivity index (χ2n) is 6.70. The predicted octanol–water partition coefficient (Wildman–Crippen LogP) is 4.66. The van der Waals surface area contributed by atoms with Crippen LogP contribution in [0.4, 0.5) is 11.4 Å². The van der Waals surface area contributed by atoms with Crippen LogP contribution in [0.3, 0.4) is 0 Å². The normalized spacial score (nSPS) is 14.5. The highest BCUT2D eigenvalue weighted by atomic mass is 32.2. The first-order valence-corrected chi connectivity index (χ1v) is 10.1. The standard InChI is InChI=1S/C22H15N3O6S/c1-24(17-8-3-2-7-16(17)21(27)28)22-23-20(26)19(32-22)12-15-9-10-18(31-15)13-5-4-6-14(11-13)25(29)30/h2-12H,1H3,(H,27,28)/b19-12+. The predicted molar refractivity (Wildman–Crippen MR) is 121 cm³/mol. The van der Waals surface area contributed by atoms with Gasteiger partial charge in [-0.1, -0.05) is 24.3 Å². The molecule has 2 heterocycles. The van der Waals surface area contributed by atoms with Crippen molar-refractivity contribution in [2.75, 3.05) is 11.9 Å². The maximum absolute atomic E-state index is 12.4. The Bertz CT molecular complexity index is 1310. The van der Waals surface area contributed by atoms with Gasteiger partial charge in [-0.25, -0.2) is 4.79 Å². The lowest BCUT2D eigenvalue weighted by molar-refractivity contribution is -0.384. The van der Waals surface area contributed by atoms with E-state index < -0.39 is 16.8 Å². The second kappa shape index (κ2) is 8.52. The molecule has 9 nitrogen and oxygen atoms in total. The Balaban J connectivity index is 1.55. The Morgan fingerprint density at radius 3 is 2.72 bits per heavy atom. The number of para-hydroxylation sites is 1. The molecule has 0 saturated carbocycles. The molecule has 0 atom stereocenters. The van der Waals surface area contributed by atoms with Gasteiger partial charge in [0.1, 0.15) is 11.5 Å². The van der Waals surface area contributed by atoms with Crippen LogP contribution in [0.1, 0.15) is 16.1 Å². The number of nitro benzene ring substituents is 1. The molecule has 32 heavy (non-hydrogen) atoms. The fraction of sp³-hybridized carbons (Fsp3) is 0.0455. The van der Waals surface area contributed by atoms with E-state index in [9.17, 15) is 24.8 Å². The van der Waals surface area contributed by atoms with Crippen LogP contribution >= 0.6 is 11.8 Å². The highest BCUT2D eigenvalue weighted by Crippen LogP contribution is 2.34. The van der Waals surface area contributed by atoms with Gasteiger partial charge >= 0.3 is 5.97 Å². The lowest BCUT2D eigenvalue weighted by atomic mass is 10.1. The number of thioether (sulfide) groups is 1. The first-order chi connectivity index (χ1) is 15.3. The summed E-state index contributed by atoms with van der Waals surface area (Å²) in [7, 11) is 1.64. The van der Waals surface area contributed by atoms with Crippen LogP contribution in [0.15, 0.2) is 75.0 Å². The molecule has 1 amide bonds. The summed E-state index contributed by atoms with van der Waals surface area (Å²) in [6.45, 7) is 0. The molecule has 1 N–H and O–H groups in total. The number of carbonyl (C=O) groups excluding carboxylic acids is 1. The van der Waals surface area contributed by atoms with Crippen LogP contribution in [0.25, 0.3) is 17.4 Å². The summed E-state index contributed by atoms with van der Waals surface area (Å²) in [5.74, 6) is -0.752. The Kier molecular flexibility index (Phi) is 5.61. The lowest BCUT2D eigenvalue weighted by Crippen LogP contribution is -2.24. The molecule has 1 aromatic heterocycles. The van der Waals surface area contributed by atoms with E-state index in [4.69, 9.17) is 4.42 Å². The number of benzene rings is 2.